The molecule has 0 radical (unpaired) electrons. The molecule has 0 heterocycles. The minimum absolute atomic E-state index is 0.102. The van der Waals surface area contributed by atoms with E-state index in [1.165, 1.54) is 25.7 Å². The standard InChI is InChI=1S/C23H33N3O3/c1-4-15(3)25-21(27)19-7-8-20(14(2)11-19)26-23(29)22(28)24-10-9-18-13-16-5-6-17(18)12-16/h7-8,11,15-18H,4-6,9-10,12-13H2,1-3H3,(H,24,28)(H,25,27)(H,26,29). The Morgan fingerprint density at radius 2 is 1.93 bits per heavy atom. The highest BCUT2D eigenvalue weighted by molar-refractivity contribution is 6.39. The highest BCUT2D eigenvalue weighted by Gasteiger charge is 2.38. The Labute approximate surface area is 173 Å². The number of fused-ring (bicyclic) bond motifs is 2. The van der Waals surface area contributed by atoms with Crippen LogP contribution >= 0.6 is 0 Å². The van der Waals surface area contributed by atoms with Crippen LogP contribution < -0.4 is 16.0 Å². The van der Waals surface area contributed by atoms with Gasteiger partial charge in [0.25, 0.3) is 5.91 Å². The van der Waals surface area contributed by atoms with Crippen LogP contribution in [0.1, 0.15) is 68.3 Å². The van der Waals surface area contributed by atoms with E-state index in [1.807, 2.05) is 20.8 Å². The Kier molecular flexibility index (Phi) is 6.93. The maximum absolute atomic E-state index is 12.2. The summed E-state index contributed by atoms with van der Waals surface area (Å²) in [7, 11) is 0. The molecule has 3 rings (SSSR count). The summed E-state index contributed by atoms with van der Waals surface area (Å²) in [6.07, 6.45) is 7.14. The van der Waals surface area contributed by atoms with Crippen LogP contribution in [0.15, 0.2) is 18.2 Å². The lowest BCUT2D eigenvalue weighted by atomic mass is 9.86. The molecule has 0 saturated heterocycles. The fourth-order valence-corrected chi connectivity index (χ4v) is 4.71. The van der Waals surface area contributed by atoms with E-state index in [0.717, 1.165) is 30.2 Å². The topological polar surface area (TPSA) is 87.3 Å². The summed E-state index contributed by atoms with van der Waals surface area (Å²) in [4.78, 5) is 36.6. The van der Waals surface area contributed by atoms with E-state index < -0.39 is 11.8 Å². The number of nitrogens with one attached hydrogen (secondary N) is 3. The van der Waals surface area contributed by atoms with Crippen molar-refractivity contribution in [2.75, 3.05) is 11.9 Å². The number of aryl methyl sites for hydroxylation is 1. The number of benzene rings is 1. The SMILES string of the molecule is CCC(C)NC(=O)c1ccc(NC(=O)C(=O)NCCC2CC3CCC2C3)c(C)c1. The minimum Gasteiger partial charge on any atom is -0.350 e. The molecule has 0 spiro atoms. The van der Waals surface area contributed by atoms with Crippen LogP contribution in [-0.2, 0) is 9.59 Å². The molecule has 2 bridgehead atoms. The summed E-state index contributed by atoms with van der Waals surface area (Å²) in [5.41, 5.74) is 1.82. The minimum atomic E-state index is -0.669. The molecule has 158 valence electrons. The maximum atomic E-state index is 12.2. The van der Waals surface area contributed by atoms with Gasteiger partial charge in [0.05, 0.1) is 0 Å². The fourth-order valence-electron chi connectivity index (χ4n) is 4.71. The summed E-state index contributed by atoms with van der Waals surface area (Å²) < 4.78 is 0. The highest BCUT2D eigenvalue weighted by Crippen LogP contribution is 2.49. The average Bonchev–Trinajstić information content (AvgIpc) is 3.32. The van der Waals surface area contributed by atoms with E-state index in [-0.39, 0.29) is 11.9 Å². The molecule has 29 heavy (non-hydrogen) atoms. The molecule has 0 aromatic heterocycles. The first kappa shape index (κ1) is 21.3. The second-order valence-corrected chi connectivity index (χ2v) is 8.75. The molecule has 0 aliphatic heterocycles. The molecular weight excluding hydrogens is 366 g/mol. The van der Waals surface area contributed by atoms with Gasteiger partial charge in [-0.2, -0.15) is 0 Å². The molecule has 2 aliphatic rings. The van der Waals surface area contributed by atoms with Gasteiger partial charge in [0.15, 0.2) is 0 Å². The van der Waals surface area contributed by atoms with Crippen LogP contribution in [-0.4, -0.2) is 30.3 Å². The average molecular weight is 400 g/mol. The van der Waals surface area contributed by atoms with E-state index >= 15 is 0 Å². The Hall–Kier alpha value is -2.37. The third kappa shape index (κ3) is 5.37. The number of carbonyl (C=O) groups excluding carboxylic acids is 3. The lowest BCUT2D eigenvalue weighted by Crippen LogP contribution is -2.37. The molecular formula is C23H33N3O3. The summed E-state index contributed by atoms with van der Waals surface area (Å²) in [5, 5.41) is 8.32. The normalized spacial score (nSPS) is 23.5. The third-order valence-corrected chi connectivity index (χ3v) is 6.62. The maximum Gasteiger partial charge on any atom is 0.313 e. The Morgan fingerprint density at radius 3 is 2.55 bits per heavy atom. The molecule has 1 aromatic rings. The van der Waals surface area contributed by atoms with Gasteiger partial charge in [0, 0.05) is 23.8 Å². The van der Waals surface area contributed by atoms with Gasteiger partial charge in [-0.25, -0.2) is 0 Å². The summed E-state index contributed by atoms with van der Waals surface area (Å²) in [5.74, 6) is 1.00. The molecule has 4 atom stereocenters. The quantitative estimate of drug-likeness (QED) is 0.614. The largest absolute Gasteiger partial charge is 0.350 e. The third-order valence-electron chi connectivity index (χ3n) is 6.62. The van der Waals surface area contributed by atoms with E-state index in [1.54, 1.807) is 18.2 Å². The number of hydrogen-bond acceptors (Lipinski definition) is 3. The van der Waals surface area contributed by atoms with Crippen LogP contribution in [0.4, 0.5) is 5.69 Å². The van der Waals surface area contributed by atoms with Gasteiger partial charge in [0.2, 0.25) is 0 Å². The van der Waals surface area contributed by atoms with Crippen molar-refractivity contribution in [3.05, 3.63) is 29.3 Å². The van der Waals surface area contributed by atoms with Crippen LogP contribution in [0.25, 0.3) is 0 Å². The van der Waals surface area contributed by atoms with Gasteiger partial charge in [0.1, 0.15) is 0 Å². The number of carbonyl (C=O) groups is 3. The van der Waals surface area contributed by atoms with Gasteiger partial charge >= 0.3 is 11.8 Å². The fraction of sp³-hybridized carbons (Fsp3) is 0.609. The van der Waals surface area contributed by atoms with Crippen LogP contribution in [0.5, 0.6) is 0 Å². The van der Waals surface area contributed by atoms with E-state index in [2.05, 4.69) is 16.0 Å². The molecule has 3 amide bonds. The second-order valence-electron chi connectivity index (χ2n) is 8.75. The first-order chi connectivity index (χ1) is 13.9. The molecule has 6 heteroatoms. The zero-order chi connectivity index (χ0) is 21.0. The van der Waals surface area contributed by atoms with Crippen molar-refractivity contribution in [2.45, 2.75) is 65.3 Å². The van der Waals surface area contributed by atoms with Gasteiger partial charge in [-0.05, 0) is 87.5 Å². The summed E-state index contributed by atoms with van der Waals surface area (Å²) in [6, 6.07) is 5.15. The van der Waals surface area contributed by atoms with E-state index in [0.29, 0.717) is 23.7 Å². The molecule has 1 aromatic carbocycles. The van der Waals surface area contributed by atoms with Crippen molar-refractivity contribution in [1.82, 2.24) is 10.6 Å². The predicted molar refractivity (Wildman–Crippen MR) is 114 cm³/mol. The van der Waals surface area contributed by atoms with E-state index in [4.69, 9.17) is 0 Å². The Balaban J connectivity index is 1.46. The van der Waals surface area contributed by atoms with Gasteiger partial charge in [-0.15, -0.1) is 0 Å². The lowest BCUT2D eigenvalue weighted by molar-refractivity contribution is -0.136. The molecule has 2 fully saturated rings. The zero-order valence-corrected chi connectivity index (χ0v) is 17.7. The lowest BCUT2D eigenvalue weighted by Gasteiger charge is -2.21. The van der Waals surface area contributed by atoms with Gasteiger partial charge in [-0.1, -0.05) is 13.3 Å². The zero-order valence-electron chi connectivity index (χ0n) is 17.7. The predicted octanol–water partition coefficient (Wildman–Crippen LogP) is 3.40. The summed E-state index contributed by atoms with van der Waals surface area (Å²) >= 11 is 0. The monoisotopic (exact) mass is 399 g/mol. The second kappa shape index (κ2) is 9.42. The Bertz CT molecular complexity index is 777. The highest BCUT2D eigenvalue weighted by atomic mass is 16.2. The molecule has 3 N–H and O–H groups in total. The Morgan fingerprint density at radius 1 is 1.14 bits per heavy atom. The van der Waals surface area contributed by atoms with Crippen molar-refractivity contribution in [2.24, 2.45) is 17.8 Å². The molecule has 4 unspecified atom stereocenters. The number of hydrogen-bond donors (Lipinski definition) is 3. The van der Waals surface area contributed by atoms with Crippen molar-refractivity contribution in [3.63, 3.8) is 0 Å². The molecule has 2 aliphatic carbocycles. The van der Waals surface area contributed by atoms with Crippen LogP contribution in [0.2, 0.25) is 0 Å². The summed E-state index contributed by atoms with van der Waals surface area (Å²) in [6.45, 7) is 6.32. The smallest absolute Gasteiger partial charge is 0.313 e. The van der Waals surface area contributed by atoms with Crippen molar-refractivity contribution >= 4 is 23.4 Å². The molecule has 6 nitrogen and oxygen atoms in total. The van der Waals surface area contributed by atoms with Gasteiger partial charge < -0.3 is 16.0 Å². The number of rotatable bonds is 7. The first-order valence-electron chi connectivity index (χ1n) is 10.9. The van der Waals surface area contributed by atoms with E-state index in [9.17, 15) is 14.4 Å². The van der Waals surface area contributed by atoms with Crippen molar-refractivity contribution < 1.29 is 14.4 Å². The molecule has 2 saturated carbocycles. The number of anilines is 1. The van der Waals surface area contributed by atoms with Crippen molar-refractivity contribution in [3.8, 4) is 0 Å². The van der Waals surface area contributed by atoms with Gasteiger partial charge in [-0.3, -0.25) is 14.4 Å². The van der Waals surface area contributed by atoms with Crippen molar-refractivity contribution in [1.29, 1.82) is 0 Å². The number of amides is 3. The van der Waals surface area contributed by atoms with Crippen LogP contribution in [0.3, 0.4) is 0 Å². The first-order valence-corrected chi connectivity index (χ1v) is 10.9. The van der Waals surface area contributed by atoms with Crippen LogP contribution in [0, 0.1) is 24.7 Å².